The number of nitrogens with one attached hydrogen (secondary N) is 1. The van der Waals surface area contributed by atoms with Crippen molar-refractivity contribution in [3.63, 3.8) is 0 Å². The third kappa shape index (κ3) is 5.21. The molecule has 2 rings (SSSR count). The van der Waals surface area contributed by atoms with Crippen molar-refractivity contribution in [2.24, 2.45) is 0 Å². The normalized spacial score (nSPS) is 14.7. The summed E-state index contributed by atoms with van der Waals surface area (Å²) in [7, 11) is -3.14. The van der Waals surface area contributed by atoms with E-state index in [1.165, 1.54) is 0 Å². The molecule has 1 aromatic rings. The van der Waals surface area contributed by atoms with Crippen LogP contribution in [0.2, 0.25) is 0 Å². The highest BCUT2D eigenvalue weighted by Crippen LogP contribution is 2.30. The number of hydrogen-bond donors (Lipinski definition) is 1. The van der Waals surface area contributed by atoms with Crippen LogP contribution in [-0.4, -0.2) is 33.9 Å². The van der Waals surface area contributed by atoms with Gasteiger partial charge >= 0.3 is 0 Å². The molecule has 1 N–H and O–H groups in total. The summed E-state index contributed by atoms with van der Waals surface area (Å²) in [5, 5.41) is 0. The number of rotatable bonds is 7. The molecule has 1 heterocycles. The lowest BCUT2D eigenvalue weighted by atomic mass is 10.1. The SMILES string of the molecule is CCCCS(=O)(=O)NCCc1ccc2c(c1)OCCCO2. The van der Waals surface area contributed by atoms with Gasteiger partial charge < -0.3 is 9.47 Å². The summed E-state index contributed by atoms with van der Waals surface area (Å²) in [6.07, 6.45) is 3.09. The first-order valence-corrected chi connectivity index (χ1v) is 9.12. The Balaban J connectivity index is 1.88. The monoisotopic (exact) mass is 313 g/mol. The van der Waals surface area contributed by atoms with Gasteiger partial charge in [0.05, 0.1) is 19.0 Å². The molecule has 1 aromatic carbocycles. The molecule has 1 aliphatic rings. The van der Waals surface area contributed by atoms with Crippen molar-refractivity contribution < 1.29 is 17.9 Å². The first-order valence-electron chi connectivity index (χ1n) is 7.46. The number of hydrogen-bond acceptors (Lipinski definition) is 4. The Hall–Kier alpha value is -1.27. The third-order valence-electron chi connectivity index (χ3n) is 3.31. The van der Waals surface area contributed by atoms with Gasteiger partial charge in [-0.15, -0.1) is 0 Å². The van der Waals surface area contributed by atoms with Gasteiger partial charge in [0.25, 0.3) is 0 Å². The Kier molecular flexibility index (Phi) is 5.87. The van der Waals surface area contributed by atoms with E-state index in [4.69, 9.17) is 9.47 Å². The van der Waals surface area contributed by atoms with Gasteiger partial charge in [-0.25, -0.2) is 13.1 Å². The fourth-order valence-electron chi connectivity index (χ4n) is 2.12. The molecule has 5 nitrogen and oxygen atoms in total. The van der Waals surface area contributed by atoms with Crippen LogP contribution in [-0.2, 0) is 16.4 Å². The fraction of sp³-hybridized carbons (Fsp3) is 0.600. The van der Waals surface area contributed by atoms with Crippen LogP contribution in [0.25, 0.3) is 0 Å². The van der Waals surface area contributed by atoms with E-state index in [1.54, 1.807) is 0 Å². The lowest BCUT2D eigenvalue weighted by Crippen LogP contribution is -2.28. The average Bonchev–Trinajstić information content (AvgIpc) is 2.70. The summed E-state index contributed by atoms with van der Waals surface area (Å²) < 4.78 is 37.2. The molecular weight excluding hydrogens is 290 g/mol. The molecule has 6 heteroatoms. The second kappa shape index (κ2) is 7.66. The number of unbranched alkanes of at least 4 members (excludes halogenated alkanes) is 1. The van der Waals surface area contributed by atoms with Crippen molar-refractivity contribution in [2.45, 2.75) is 32.6 Å². The van der Waals surface area contributed by atoms with Crippen molar-refractivity contribution in [2.75, 3.05) is 25.5 Å². The quantitative estimate of drug-likeness (QED) is 0.837. The van der Waals surface area contributed by atoms with Gasteiger partial charge in [-0.3, -0.25) is 0 Å². The van der Waals surface area contributed by atoms with E-state index in [-0.39, 0.29) is 5.75 Å². The molecule has 118 valence electrons. The Morgan fingerprint density at radius 1 is 1.19 bits per heavy atom. The molecule has 21 heavy (non-hydrogen) atoms. The largest absolute Gasteiger partial charge is 0.490 e. The summed E-state index contributed by atoms with van der Waals surface area (Å²) in [6, 6.07) is 5.77. The topological polar surface area (TPSA) is 64.6 Å². The van der Waals surface area contributed by atoms with E-state index >= 15 is 0 Å². The van der Waals surface area contributed by atoms with Crippen molar-refractivity contribution in [1.82, 2.24) is 4.72 Å². The van der Waals surface area contributed by atoms with Crippen LogP contribution < -0.4 is 14.2 Å². The predicted molar refractivity (Wildman–Crippen MR) is 82.5 cm³/mol. The summed E-state index contributed by atoms with van der Waals surface area (Å²) in [5.74, 6) is 1.71. The van der Waals surface area contributed by atoms with Gasteiger partial charge in [-0.05, 0) is 30.5 Å². The van der Waals surface area contributed by atoms with Gasteiger partial charge in [0, 0.05) is 13.0 Å². The summed E-state index contributed by atoms with van der Waals surface area (Å²) >= 11 is 0. The maximum Gasteiger partial charge on any atom is 0.211 e. The highest BCUT2D eigenvalue weighted by molar-refractivity contribution is 7.89. The van der Waals surface area contributed by atoms with E-state index in [9.17, 15) is 8.42 Å². The van der Waals surface area contributed by atoms with E-state index in [2.05, 4.69) is 4.72 Å². The summed E-state index contributed by atoms with van der Waals surface area (Å²) in [5.41, 5.74) is 1.04. The van der Waals surface area contributed by atoms with Gasteiger partial charge in [-0.1, -0.05) is 19.4 Å². The molecule has 0 unspecified atom stereocenters. The Morgan fingerprint density at radius 2 is 1.95 bits per heavy atom. The van der Waals surface area contributed by atoms with Crippen LogP contribution in [0, 0.1) is 0 Å². The number of ether oxygens (including phenoxy) is 2. The molecule has 1 aliphatic heterocycles. The Morgan fingerprint density at radius 3 is 2.71 bits per heavy atom. The first kappa shape index (κ1) is 16.1. The van der Waals surface area contributed by atoms with Crippen LogP contribution in [0.4, 0.5) is 0 Å². The van der Waals surface area contributed by atoms with E-state index in [0.29, 0.717) is 32.6 Å². The minimum atomic E-state index is -3.14. The van der Waals surface area contributed by atoms with Crippen LogP contribution >= 0.6 is 0 Å². The second-order valence-corrected chi connectivity index (χ2v) is 7.07. The standard InChI is InChI=1S/C15H23NO4S/c1-2-3-11-21(17,18)16-8-7-13-5-6-14-15(12-13)20-10-4-9-19-14/h5-6,12,16H,2-4,7-11H2,1H3. The lowest BCUT2D eigenvalue weighted by Gasteiger charge is -2.10. The number of sulfonamides is 1. The van der Waals surface area contributed by atoms with Crippen LogP contribution in [0.3, 0.4) is 0 Å². The van der Waals surface area contributed by atoms with Gasteiger partial charge in [0.15, 0.2) is 11.5 Å². The number of benzene rings is 1. The molecule has 0 fully saturated rings. The third-order valence-corrected chi connectivity index (χ3v) is 4.78. The smallest absolute Gasteiger partial charge is 0.211 e. The highest BCUT2D eigenvalue weighted by Gasteiger charge is 2.12. The van der Waals surface area contributed by atoms with E-state index < -0.39 is 10.0 Å². The molecule has 0 amide bonds. The van der Waals surface area contributed by atoms with Crippen molar-refractivity contribution >= 4 is 10.0 Å². The van der Waals surface area contributed by atoms with Crippen LogP contribution in [0.1, 0.15) is 31.7 Å². The summed E-state index contributed by atoms with van der Waals surface area (Å²) in [6.45, 7) is 3.71. The number of fused-ring (bicyclic) bond motifs is 1. The maximum atomic E-state index is 11.7. The highest BCUT2D eigenvalue weighted by atomic mass is 32.2. The molecule has 0 atom stereocenters. The predicted octanol–water partition coefficient (Wildman–Crippen LogP) is 2.11. The molecule has 0 aliphatic carbocycles. The van der Waals surface area contributed by atoms with Crippen molar-refractivity contribution in [1.29, 1.82) is 0 Å². The molecular formula is C15H23NO4S. The maximum absolute atomic E-state index is 11.7. The zero-order chi connectivity index (χ0) is 15.1. The molecule has 0 saturated carbocycles. The summed E-state index contributed by atoms with van der Waals surface area (Å²) in [4.78, 5) is 0. The van der Waals surface area contributed by atoms with Gasteiger partial charge in [0.2, 0.25) is 10.0 Å². The van der Waals surface area contributed by atoms with E-state index in [1.807, 2.05) is 25.1 Å². The van der Waals surface area contributed by atoms with Crippen molar-refractivity contribution in [3.05, 3.63) is 23.8 Å². The minimum Gasteiger partial charge on any atom is -0.490 e. The minimum absolute atomic E-state index is 0.199. The zero-order valence-electron chi connectivity index (χ0n) is 12.4. The van der Waals surface area contributed by atoms with Crippen LogP contribution in [0.15, 0.2) is 18.2 Å². The molecule has 0 radical (unpaired) electrons. The van der Waals surface area contributed by atoms with Crippen LogP contribution in [0.5, 0.6) is 11.5 Å². The van der Waals surface area contributed by atoms with Crippen molar-refractivity contribution in [3.8, 4) is 11.5 Å². The fourth-order valence-corrected chi connectivity index (χ4v) is 3.35. The molecule has 0 spiro atoms. The lowest BCUT2D eigenvalue weighted by molar-refractivity contribution is 0.297. The van der Waals surface area contributed by atoms with E-state index in [0.717, 1.165) is 29.9 Å². The Labute approximate surface area is 126 Å². The first-order chi connectivity index (χ1) is 10.1. The molecule has 0 saturated heterocycles. The van der Waals surface area contributed by atoms with Gasteiger partial charge in [-0.2, -0.15) is 0 Å². The molecule has 0 aromatic heterocycles. The second-order valence-electron chi connectivity index (χ2n) is 5.15. The Bertz CT molecular complexity index is 557. The molecule has 0 bridgehead atoms. The zero-order valence-corrected chi connectivity index (χ0v) is 13.2. The average molecular weight is 313 g/mol. The van der Waals surface area contributed by atoms with Gasteiger partial charge in [0.1, 0.15) is 0 Å².